The molecule has 2 nitrogen and oxygen atoms in total. The van der Waals surface area contributed by atoms with Crippen LogP contribution in [0, 0.1) is 0 Å². The van der Waals surface area contributed by atoms with E-state index < -0.39 is 0 Å². The summed E-state index contributed by atoms with van der Waals surface area (Å²) >= 11 is 7.57. The second-order valence-electron chi connectivity index (χ2n) is 3.04. The second-order valence-corrected chi connectivity index (χ2v) is 4.36. The third-order valence-corrected chi connectivity index (χ3v) is 2.92. The molecule has 0 saturated carbocycles. The number of hydrogen-bond donors (Lipinski definition) is 2. The van der Waals surface area contributed by atoms with E-state index in [0.717, 1.165) is 10.5 Å². The highest BCUT2D eigenvalue weighted by atomic mass is 35.5. The SMILES string of the molecule is CSc1cc(Cl)cc(C(N)CCO)c1. The lowest BCUT2D eigenvalue weighted by Crippen LogP contribution is -2.11. The van der Waals surface area contributed by atoms with Crippen LogP contribution in [0.25, 0.3) is 0 Å². The Balaban J connectivity index is 2.90. The van der Waals surface area contributed by atoms with Crippen LogP contribution >= 0.6 is 23.4 Å². The van der Waals surface area contributed by atoms with Crippen LogP contribution in [0.1, 0.15) is 18.0 Å². The van der Waals surface area contributed by atoms with Crippen molar-refractivity contribution in [2.75, 3.05) is 12.9 Å². The Labute approximate surface area is 93.5 Å². The fourth-order valence-corrected chi connectivity index (χ4v) is 2.03. The summed E-state index contributed by atoms with van der Waals surface area (Å²) in [7, 11) is 0. The van der Waals surface area contributed by atoms with Gasteiger partial charge >= 0.3 is 0 Å². The maximum absolute atomic E-state index is 8.78. The van der Waals surface area contributed by atoms with Crippen LogP contribution in [-0.4, -0.2) is 18.0 Å². The lowest BCUT2D eigenvalue weighted by atomic mass is 10.1. The molecule has 1 unspecified atom stereocenters. The van der Waals surface area contributed by atoms with Crippen molar-refractivity contribution in [3.05, 3.63) is 28.8 Å². The predicted octanol–water partition coefficient (Wildman–Crippen LogP) is 2.44. The summed E-state index contributed by atoms with van der Waals surface area (Å²) in [5.41, 5.74) is 6.85. The number of rotatable bonds is 4. The molecule has 1 aromatic rings. The van der Waals surface area contributed by atoms with Gasteiger partial charge in [0, 0.05) is 22.6 Å². The van der Waals surface area contributed by atoms with Crippen molar-refractivity contribution in [3.8, 4) is 0 Å². The third-order valence-electron chi connectivity index (χ3n) is 2.00. The average molecular weight is 232 g/mol. The van der Waals surface area contributed by atoms with Crippen LogP contribution in [0.3, 0.4) is 0 Å². The Morgan fingerprint density at radius 1 is 1.50 bits per heavy atom. The minimum Gasteiger partial charge on any atom is -0.396 e. The number of halogens is 1. The molecule has 1 aromatic carbocycles. The fraction of sp³-hybridized carbons (Fsp3) is 0.400. The van der Waals surface area contributed by atoms with Crippen LogP contribution in [0.2, 0.25) is 5.02 Å². The van der Waals surface area contributed by atoms with Gasteiger partial charge in [0.05, 0.1) is 0 Å². The van der Waals surface area contributed by atoms with Crippen LogP contribution in [0.4, 0.5) is 0 Å². The Hall–Kier alpha value is -0.220. The van der Waals surface area contributed by atoms with Gasteiger partial charge < -0.3 is 10.8 Å². The molecule has 1 atom stereocenters. The largest absolute Gasteiger partial charge is 0.396 e. The molecule has 3 N–H and O–H groups in total. The first-order valence-electron chi connectivity index (χ1n) is 4.38. The van der Waals surface area contributed by atoms with Crippen molar-refractivity contribution in [2.45, 2.75) is 17.4 Å². The molecular formula is C10H14ClNOS. The molecule has 0 aliphatic rings. The molecule has 0 saturated heterocycles. The van der Waals surface area contributed by atoms with E-state index in [2.05, 4.69) is 0 Å². The minimum absolute atomic E-state index is 0.0995. The van der Waals surface area contributed by atoms with E-state index in [4.69, 9.17) is 22.4 Å². The van der Waals surface area contributed by atoms with E-state index >= 15 is 0 Å². The summed E-state index contributed by atoms with van der Waals surface area (Å²) in [4.78, 5) is 1.10. The van der Waals surface area contributed by atoms with Gasteiger partial charge in [-0.25, -0.2) is 0 Å². The molecular weight excluding hydrogens is 218 g/mol. The molecule has 0 radical (unpaired) electrons. The molecule has 0 aliphatic heterocycles. The summed E-state index contributed by atoms with van der Waals surface area (Å²) < 4.78 is 0. The first-order chi connectivity index (χ1) is 6.67. The van der Waals surface area contributed by atoms with Crippen LogP contribution < -0.4 is 5.73 Å². The normalized spacial score (nSPS) is 12.9. The van der Waals surface area contributed by atoms with E-state index in [-0.39, 0.29) is 12.6 Å². The van der Waals surface area contributed by atoms with Gasteiger partial charge in [-0.1, -0.05) is 11.6 Å². The molecule has 0 aromatic heterocycles. The summed E-state index contributed by atoms with van der Waals surface area (Å²) in [6.45, 7) is 0.0995. The standard InChI is InChI=1S/C10H14ClNOS/c1-14-9-5-7(4-8(11)6-9)10(12)2-3-13/h4-6,10,13H,2-3,12H2,1H3. The van der Waals surface area contributed by atoms with Gasteiger partial charge in [0.2, 0.25) is 0 Å². The highest BCUT2D eigenvalue weighted by Gasteiger charge is 2.07. The zero-order valence-electron chi connectivity index (χ0n) is 8.03. The monoisotopic (exact) mass is 231 g/mol. The molecule has 0 amide bonds. The van der Waals surface area contributed by atoms with Crippen molar-refractivity contribution in [1.29, 1.82) is 0 Å². The van der Waals surface area contributed by atoms with E-state index in [0.29, 0.717) is 11.4 Å². The number of nitrogens with two attached hydrogens (primary N) is 1. The van der Waals surface area contributed by atoms with Crippen molar-refractivity contribution in [2.24, 2.45) is 5.73 Å². The number of aliphatic hydroxyl groups is 1. The maximum Gasteiger partial charge on any atom is 0.0449 e. The summed E-state index contributed by atoms with van der Waals surface area (Å²) in [6.07, 6.45) is 2.56. The molecule has 14 heavy (non-hydrogen) atoms. The number of aliphatic hydroxyl groups excluding tert-OH is 1. The lowest BCUT2D eigenvalue weighted by molar-refractivity contribution is 0.276. The Morgan fingerprint density at radius 2 is 2.21 bits per heavy atom. The van der Waals surface area contributed by atoms with Crippen molar-refractivity contribution in [1.82, 2.24) is 0 Å². The summed E-state index contributed by atoms with van der Waals surface area (Å²) in [6, 6.07) is 5.63. The quantitative estimate of drug-likeness (QED) is 0.783. The van der Waals surface area contributed by atoms with E-state index in [1.54, 1.807) is 11.8 Å². The molecule has 4 heteroatoms. The van der Waals surface area contributed by atoms with Crippen LogP contribution in [0.5, 0.6) is 0 Å². The van der Waals surface area contributed by atoms with Gasteiger partial charge in [-0.15, -0.1) is 11.8 Å². The molecule has 0 spiro atoms. The van der Waals surface area contributed by atoms with Crippen molar-refractivity contribution in [3.63, 3.8) is 0 Å². The molecule has 0 heterocycles. The third kappa shape index (κ3) is 3.17. The van der Waals surface area contributed by atoms with Crippen LogP contribution in [0.15, 0.2) is 23.1 Å². The van der Waals surface area contributed by atoms with Crippen LogP contribution in [-0.2, 0) is 0 Å². The van der Waals surface area contributed by atoms with Crippen molar-refractivity contribution >= 4 is 23.4 Å². The van der Waals surface area contributed by atoms with Gasteiger partial charge in [0.25, 0.3) is 0 Å². The highest BCUT2D eigenvalue weighted by molar-refractivity contribution is 7.98. The molecule has 1 rings (SSSR count). The summed E-state index contributed by atoms with van der Waals surface area (Å²) in [5, 5.41) is 9.47. The number of hydrogen-bond acceptors (Lipinski definition) is 3. The maximum atomic E-state index is 8.78. The Bertz CT molecular complexity index is 306. The van der Waals surface area contributed by atoms with Gasteiger partial charge in [0.15, 0.2) is 0 Å². The topological polar surface area (TPSA) is 46.2 Å². The van der Waals surface area contributed by atoms with Gasteiger partial charge in [-0.2, -0.15) is 0 Å². The van der Waals surface area contributed by atoms with Gasteiger partial charge in [-0.05, 0) is 36.4 Å². The smallest absolute Gasteiger partial charge is 0.0449 e. The Morgan fingerprint density at radius 3 is 2.79 bits per heavy atom. The minimum atomic E-state index is -0.135. The first-order valence-corrected chi connectivity index (χ1v) is 5.98. The predicted molar refractivity (Wildman–Crippen MR) is 61.9 cm³/mol. The summed E-state index contributed by atoms with van der Waals surface area (Å²) in [5.74, 6) is 0. The lowest BCUT2D eigenvalue weighted by Gasteiger charge is -2.11. The van der Waals surface area contributed by atoms with E-state index in [1.807, 2.05) is 24.5 Å². The fourth-order valence-electron chi connectivity index (χ4n) is 1.22. The molecule has 78 valence electrons. The van der Waals surface area contributed by atoms with E-state index in [1.165, 1.54) is 0 Å². The van der Waals surface area contributed by atoms with E-state index in [9.17, 15) is 0 Å². The van der Waals surface area contributed by atoms with Crippen molar-refractivity contribution < 1.29 is 5.11 Å². The highest BCUT2D eigenvalue weighted by Crippen LogP contribution is 2.25. The second kappa shape index (κ2) is 5.61. The molecule has 0 fully saturated rings. The van der Waals surface area contributed by atoms with Gasteiger partial charge in [-0.3, -0.25) is 0 Å². The Kier molecular flexibility index (Phi) is 4.75. The first kappa shape index (κ1) is 11.9. The zero-order chi connectivity index (χ0) is 10.6. The number of benzene rings is 1. The zero-order valence-corrected chi connectivity index (χ0v) is 9.61. The average Bonchev–Trinajstić information content (AvgIpc) is 2.17. The molecule has 0 bridgehead atoms. The van der Waals surface area contributed by atoms with Gasteiger partial charge in [0.1, 0.15) is 0 Å². The number of thioether (sulfide) groups is 1. The molecule has 0 aliphatic carbocycles.